The van der Waals surface area contributed by atoms with Crippen LogP contribution in [0.5, 0.6) is 11.5 Å². The molecule has 5 nitrogen and oxygen atoms in total. The van der Waals surface area contributed by atoms with Gasteiger partial charge in [-0.3, -0.25) is 4.79 Å². The number of alkyl halides is 3. The zero-order chi connectivity index (χ0) is 22.3. The van der Waals surface area contributed by atoms with Crippen molar-refractivity contribution in [1.82, 2.24) is 4.90 Å². The third kappa shape index (κ3) is 2.88. The fourth-order valence-corrected chi connectivity index (χ4v) is 7.13. The lowest BCUT2D eigenvalue weighted by atomic mass is 9.53. The summed E-state index contributed by atoms with van der Waals surface area (Å²) in [7, 11) is -0.338. The van der Waals surface area contributed by atoms with E-state index in [-0.39, 0.29) is 24.7 Å². The van der Waals surface area contributed by atoms with Crippen molar-refractivity contribution in [3.05, 3.63) is 35.4 Å². The summed E-state index contributed by atoms with van der Waals surface area (Å²) < 4.78 is 58.6. The van der Waals surface area contributed by atoms with Gasteiger partial charge in [0, 0.05) is 29.5 Å². The standard InChI is InChI=1S/C22H26F3NO4Si/c1-28-15-7-5-12-11-14-13-6-8-16(30-31(2,3)4)19-21(13,17(12)18(15)29-19)9-10-26(14)20(27)22(23,24)25/h5-8,13-14,16,19H,9-11H2,1-4H3/t13?,14-,16?,19?,21+/m1/s1. The quantitative estimate of drug-likeness (QED) is 0.516. The van der Waals surface area contributed by atoms with Gasteiger partial charge in [0.2, 0.25) is 0 Å². The molecule has 3 unspecified atom stereocenters. The van der Waals surface area contributed by atoms with Crippen molar-refractivity contribution in [3.8, 4) is 11.5 Å². The van der Waals surface area contributed by atoms with Gasteiger partial charge in [0.1, 0.15) is 12.2 Å². The van der Waals surface area contributed by atoms with Crippen LogP contribution in [0.3, 0.4) is 0 Å². The second-order valence-electron chi connectivity index (χ2n) is 9.83. The van der Waals surface area contributed by atoms with E-state index in [2.05, 4.69) is 19.6 Å². The number of benzene rings is 1. The van der Waals surface area contributed by atoms with E-state index in [0.29, 0.717) is 24.3 Å². The summed E-state index contributed by atoms with van der Waals surface area (Å²) in [5, 5.41) is 0. The third-order valence-electron chi connectivity index (χ3n) is 7.05. The maximum Gasteiger partial charge on any atom is 0.471 e. The molecule has 168 valence electrons. The number of methoxy groups -OCH3 is 1. The first-order valence-electron chi connectivity index (χ1n) is 10.6. The number of hydrogen-bond donors (Lipinski definition) is 0. The molecule has 1 spiro atoms. The molecular formula is C22H26F3NO4Si. The average molecular weight is 454 g/mol. The molecule has 0 aromatic heterocycles. The normalized spacial score (nSPS) is 33.1. The van der Waals surface area contributed by atoms with Crippen LogP contribution in [-0.2, 0) is 21.1 Å². The van der Waals surface area contributed by atoms with Crippen LogP contribution in [0.4, 0.5) is 13.2 Å². The summed E-state index contributed by atoms with van der Waals surface area (Å²) in [6, 6.07) is 3.14. The van der Waals surface area contributed by atoms with Gasteiger partial charge in [-0.2, -0.15) is 13.2 Å². The van der Waals surface area contributed by atoms with Gasteiger partial charge in [-0.25, -0.2) is 0 Å². The van der Waals surface area contributed by atoms with E-state index >= 15 is 0 Å². The minimum atomic E-state index is -4.89. The lowest BCUT2D eigenvalue weighted by molar-refractivity contribution is -0.193. The summed E-state index contributed by atoms with van der Waals surface area (Å²) >= 11 is 0. The van der Waals surface area contributed by atoms with Gasteiger partial charge in [-0.05, 0) is 44.1 Å². The SMILES string of the molecule is COc1ccc2c3c1OC1C(O[Si](C)(C)C)C=CC4[C@@H](C2)N(C(=O)C(F)(F)F)CC[C@]314. The van der Waals surface area contributed by atoms with Crippen molar-refractivity contribution in [2.24, 2.45) is 5.92 Å². The number of piperidine rings is 1. The monoisotopic (exact) mass is 453 g/mol. The highest BCUT2D eigenvalue weighted by Crippen LogP contribution is 2.63. The first kappa shape index (κ1) is 20.9. The molecular weight excluding hydrogens is 427 g/mol. The molecule has 1 amide bonds. The van der Waals surface area contributed by atoms with Crippen LogP contribution in [-0.4, -0.2) is 57.2 Å². The maximum absolute atomic E-state index is 13.3. The predicted molar refractivity (Wildman–Crippen MR) is 110 cm³/mol. The first-order valence-corrected chi connectivity index (χ1v) is 14.0. The van der Waals surface area contributed by atoms with Gasteiger partial charge in [0.25, 0.3) is 0 Å². The fraction of sp³-hybridized carbons (Fsp3) is 0.591. The van der Waals surface area contributed by atoms with Gasteiger partial charge >= 0.3 is 12.1 Å². The molecule has 1 aromatic carbocycles. The number of nitrogens with zero attached hydrogens (tertiary/aromatic N) is 1. The van der Waals surface area contributed by atoms with Crippen molar-refractivity contribution in [1.29, 1.82) is 0 Å². The molecule has 4 aliphatic rings. The molecule has 1 saturated heterocycles. The van der Waals surface area contributed by atoms with E-state index in [0.717, 1.165) is 16.0 Å². The lowest BCUT2D eigenvalue weighted by Crippen LogP contribution is -2.68. The Kier molecular flexibility index (Phi) is 4.38. The van der Waals surface area contributed by atoms with Crippen molar-refractivity contribution >= 4 is 14.2 Å². The van der Waals surface area contributed by atoms with Gasteiger partial charge in [-0.1, -0.05) is 18.2 Å². The molecule has 2 bridgehead atoms. The number of halogens is 3. The minimum Gasteiger partial charge on any atom is -0.493 e. The van der Waals surface area contributed by atoms with Crippen molar-refractivity contribution < 1.29 is 31.9 Å². The zero-order valence-corrected chi connectivity index (χ0v) is 19.0. The molecule has 1 aromatic rings. The molecule has 9 heteroatoms. The molecule has 2 aliphatic heterocycles. The van der Waals surface area contributed by atoms with E-state index in [1.165, 1.54) is 0 Å². The van der Waals surface area contributed by atoms with Crippen molar-refractivity contribution in [2.75, 3.05) is 13.7 Å². The van der Waals surface area contributed by atoms with Crippen molar-refractivity contribution in [2.45, 2.75) is 62.3 Å². The Labute approximate surface area is 180 Å². The van der Waals surface area contributed by atoms with Gasteiger partial charge < -0.3 is 18.8 Å². The molecule has 5 rings (SSSR count). The Morgan fingerprint density at radius 3 is 2.65 bits per heavy atom. The summed E-state index contributed by atoms with van der Waals surface area (Å²) in [6.45, 7) is 6.36. The van der Waals surface area contributed by atoms with Crippen LogP contribution >= 0.6 is 0 Å². The Hall–Kier alpha value is -2.00. The van der Waals surface area contributed by atoms with Crippen LogP contribution in [0.25, 0.3) is 0 Å². The van der Waals surface area contributed by atoms with E-state index in [1.807, 2.05) is 18.2 Å². The second-order valence-corrected chi connectivity index (χ2v) is 14.3. The Bertz CT molecular complexity index is 973. The summed E-state index contributed by atoms with van der Waals surface area (Å²) in [5.74, 6) is -0.717. The van der Waals surface area contributed by atoms with Crippen LogP contribution in [0.2, 0.25) is 19.6 Å². The predicted octanol–water partition coefficient (Wildman–Crippen LogP) is 3.82. The highest BCUT2D eigenvalue weighted by atomic mass is 28.4. The zero-order valence-electron chi connectivity index (χ0n) is 18.0. The topological polar surface area (TPSA) is 48.0 Å². The largest absolute Gasteiger partial charge is 0.493 e. The molecule has 31 heavy (non-hydrogen) atoms. The number of hydrogen-bond acceptors (Lipinski definition) is 4. The van der Waals surface area contributed by atoms with Gasteiger partial charge in [0.05, 0.1) is 7.11 Å². The lowest BCUT2D eigenvalue weighted by Gasteiger charge is -2.57. The molecule has 2 heterocycles. The summed E-state index contributed by atoms with van der Waals surface area (Å²) in [6.07, 6.45) is -0.873. The molecule has 5 atom stereocenters. The number of likely N-dealkylation sites (tertiary alicyclic amines) is 1. The number of rotatable bonds is 3. The molecule has 0 saturated carbocycles. The smallest absolute Gasteiger partial charge is 0.471 e. The second kappa shape index (κ2) is 6.51. The summed E-state index contributed by atoms with van der Waals surface area (Å²) in [5.41, 5.74) is 1.44. The Morgan fingerprint density at radius 1 is 1.26 bits per heavy atom. The first-order chi connectivity index (χ1) is 14.5. The minimum absolute atomic E-state index is 0.0446. The summed E-state index contributed by atoms with van der Waals surface area (Å²) in [4.78, 5) is 13.3. The maximum atomic E-state index is 13.3. The number of amides is 1. The molecule has 0 radical (unpaired) electrons. The van der Waals surface area contributed by atoms with Crippen LogP contribution in [0, 0.1) is 5.92 Å². The third-order valence-corrected chi connectivity index (χ3v) is 8.03. The van der Waals surface area contributed by atoms with Crippen LogP contribution in [0.1, 0.15) is 17.5 Å². The average Bonchev–Trinajstić information content (AvgIpc) is 3.01. The molecule has 0 N–H and O–H groups in total. The van der Waals surface area contributed by atoms with Crippen molar-refractivity contribution in [3.63, 3.8) is 0 Å². The number of carbonyl (C=O) groups is 1. The number of carbonyl (C=O) groups excluding carboxylic acids is 1. The van der Waals surface area contributed by atoms with E-state index in [9.17, 15) is 18.0 Å². The Balaban J connectivity index is 1.67. The Morgan fingerprint density at radius 2 is 2.00 bits per heavy atom. The molecule has 2 aliphatic carbocycles. The molecule has 1 fully saturated rings. The van der Waals surface area contributed by atoms with E-state index in [1.54, 1.807) is 13.2 Å². The van der Waals surface area contributed by atoms with Crippen LogP contribution < -0.4 is 9.47 Å². The van der Waals surface area contributed by atoms with Gasteiger partial charge in [0.15, 0.2) is 19.8 Å². The highest BCUT2D eigenvalue weighted by molar-refractivity contribution is 6.69. The van der Waals surface area contributed by atoms with E-state index in [4.69, 9.17) is 13.9 Å². The number of ether oxygens (including phenoxy) is 2. The van der Waals surface area contributed by atoms with Gasteiger partial charge in [-0.15, -0.1) is 0 Å². The van der Waals surface area contributed by atoms with Crippen LogP contribution in [0.15, 0.2) is 24.3 Å². The highest BCUT2D eigenvalue weighted by Gasteiger charge is 2.66. The fourth-order valence-electron chi connectivity index (χ4n) is 6.11. The van der Waals surface area contributed by atoms with E-state index < -0.39 is 31.9 Å².